The molecule has 3 aromatic rings. The summed E-state index contributed by atoms with van der Waals surface area (Å²) in [4.78, 5) is 13.7. The second kappa shape index (κ2) is 10.6. The fraction of sp³-hybridized carbons (Fsp3) is 0.310. The van der Waals surface area contributed by atoms with Gasteiger partial charge < -0.3 is 10.6 Å². The van der Waals surface area contributed by atoms with Gasteiger partial charge in [-0.2, -0.15) is 5.26 Å². The van der Waals surface area contributed by atoms with E-state index in [1.54, 1.807) is 0 Å². The number of benzene rings is 3. The normalized spacial score (nSPS) is 23.2. The highest BCUT2D eigenvalue weighted by Crippen LogP contribution is 2.52. The predicted octanol–water partition coefficient (Wildman–Crippen LogP) is 7.37. The average molecular weight is 560 g/mol. The van der Waals surface area contributed by atoms with Gasteiger partial charge in [0, 0.05) is 28.2 Å². The summed E-state index contributed by atoms with van der Waals surface area (Å²) in [5.41, 5.74) is -1.96. The number of nitriles is 1. The van der Waals surface area contributed by atoms with Crippen molar-refractivity contribution in [1.29, 1.82) is 5.26 Å². The van der Waals surface area contributed by atoms with Gasteiger partial charge in [-0.05, 0) is 53.8 Å². The minimum atomic E-state index is -1.74. The van der Waals surface area contributed by atoms with Gasteiger partial charge in [0.05, 0.1) is 17.1 Å². The van der Waals surface area contributed by atoms with Gasteiger partial charge in [0.25, 0.3) is 0 Å². The largest absolute Gasteiger partial charge is 0.325 e. The molecule has 38 heavy (non-hydrogen) atoms. The summed E-state index contributed by atoms with van der Waals surface area (Å²) < 4.78 is 45.1. The van der Waals surface area contributed by atoms with Crippen molar-refractivity contribution in [3.05, 3.63) is 99.3 Å². The number of carbonyl (C=O) groups excluding carboxylic acids is 1. The van der Waals surface area contributed by atoms with Gasteiger partial charge in [-0.3, -0.25) is 4.79 Å². The molecule has 9 heteroatoms. The summed E-state index contributed by atoms with van der Waals surface area (Å²) in [7, 11) is 0. The van der Waals surface area contributed by atoms with Crippen molar-refractivity contribution in [3.63, 3.8) is 0 Å². The molecular formula is C29H26Cl2F3N3O. The van der Waals surface area contributed by atoms with Gasteiger partial charge in [-0.25, -0.2) is 13.2 Å². The molecule has 1 heterocycles. The first-order valence-electron chi connectivity index (χ1n) is 12.0. The fourth-order valence-electron chi connectivity index (χ4n) is 5.34. The Hall–Kier alpha value is -3.05. The van der Waals surface area contributed by atoms with E-state index < -0.39 is 46.8 Å². The van der Waals surface area contributed by atoms with Crippen LogP contribution in [0.2, 0.25) is 10.0 Å². The minimum Gasteiger partial charge on any atom is -0.325 e. The lowest BCUT2D eigenvalue weighted by atomic mass is 9.62. The maximum Gasteiger partial charge on any atom is 0.242 e. The Bertz CT molecular complexity index is 1420. The summed E-state index contributed by atoms with van der Waals surface area (Å²) in [6, 6.07) is 13.9. The number of nitrogens with zero attached hydrogens (tertiary/aromatic N) is 1. The standard InChI is InChI=1S/C29H26Cl2F3N3O/c1-28(2,3)14-23-29(15-35,20-11-10-16(30)12-22(20)33)24(19-8-5-9-21(31)25(19)34)26(37-23)27(38)36-18-7-4-6-17(32)13-18/h4-13,23-24,26,37H,14H2,1-3H3,(H,36,38)/t23?,24?,26-,29+/m1/s1. The summed E-state index contributed by atoms with van der Waals surface area (Å²) in [5, 5.41) is 16.6. The van der Waals surface area contributed by atoms with E-state index in [0.29, 0.717) is 6.42 Å². The Morgan fingerprint density at radius 3 is 2.42 bits per heavy atom. The molecule has 1 amide bonds. The third kappa shape index (κ3) is 5.26. The van der Waals surface area contributed by atoms with Crippen LogP contribution in [0.3, 0.4) is 0 Å². The van der Waals surface area contributed by atoms with Gasteiger partial charge in [0.15, 0.2) is 0 Å². The molecule has 2 unspecified atom stereocenters. The number of anilines is 1. The zero-order valence-corrected chi connectivity index (χ0v) is 22.5. The first-order chi connectivity index (χ1) is 17.9. The predicted molar refractivity (Wildman–Crippen MR) is 143 cm³/mol. The van der Waals surface area contributed by atoms with E-state index in [0.717, 1.165) is 12.1 Å². The topological polar surface area (TPSA) is 64.9 Å². The molecule has 4 atom stereocenters. The van der Waals surface area contributed by atoms with Crippen LogP contribution in [0.1, 0.15) is 44.2 Å². The molecular weight excluding hydrogens is 534 g/mol. The third-order valence-corrected chi connectivity index (χ3v) is 7.35. The van der Waals surface area contributed by atoms with Crippen LogP contribution in [-0.4, -0.2) is 18.0 Å². The van der Waals surface area contributed by atoms with Crippen LogP contribution < -0.4 is 10.6 Å². The number of amides is 1. The Balaban J connectivity index is 1.97. The Morgan fingerprint density at radius 2 is 1.79 bits per heavy atom. The van der Waals surface area contributed by atoms with Crippen LogP contribution in [-0.2, 0) is 10.2 Å². The maximum absolute atomic E-state index is 15.6. The van der Waals surface area contributed by atoms with Gasteiger partial charge in [-0.15, -0.1) is 0 Å². The molecule has 0 aromatic heterocycles. The van der Waals surface area contributed by atoms with E-state index in [2.05, 4.69) is 16.7 Å². The zero-order chi connectivity index (χ0) is 27.8. The quantitative estimate of drug-likeness (QED) is 0.343. The molecule has 2 N–H and O–H groups in total. The molecule has 0 bridgehead atoms. The van der Waals surface area contributed by atoms with Crippen LogP contribution in [0, 0.1) is 34.2 Å². The highest BCUT2D eigenvalue weighted by molar-refractivity contribution is 6.31. The van der Waals surface area contributed by atoms with E-state index in [9.17, 15) is 14.4 Å². The van der Waals surface area contributed by atoms with Crippen LogP contribution in [0.4, 0.5) is 18.9 Å². The monoisotopic (exact) mass is 559 g/mol. The van der Waals surface area contributed by atoms with E-state index in [-0.39, 0.29) is 32.3 Å². The number of carbonyl (C=O) groups is 1. The van der Waals surface area contributed by atoms with Crippen molar-refractivity contribution in [2.45, 2.75) is 50.6 Å². The van der Waals surface area contributed by atoms with Crippen LogP contribution in [0.5, 0.6) is 0 Å². The van der Waals surface area contributed by atoms with Crippen LogP contribution in [0.25, 0.3) is 0 Å². The highest BCUT2D eigenvalue weighted by Gasteiger charge is 2.61. The average Bonchev–Trinajstić information content (AvgIpc) is 3.14. The van der Waals surface area contributed by atoms with E-state index in [1.807, 2.05) is 20.8 Å². The van der Waals surface area contributed by atoms with Crippen molar-refractivity contribution in [2.24, 2.45) is 5.41 Å². The lowest BCUT2D eigenvalue weighted by molar-refractivity contribution is -0.118. The molecule has 0 radical (unpaired) electrons. The number of halogens is 5. The van der Waals surface area contributed by atoms with Gasteiger partial charge in [0.1, 0.15) is 22.9 Å². The first-order valence-corrected chi connectivity index (χ1v) is 12.8. The Kier molecular flexibility index (Phi) is 7.81. The van der Waals surface area contributed by atoms with Crippen LogP contribution in [0.15, 0.2) is 60.7 Å². The smallest absolute Gasteiger partial charge is 0.242 e. The lowest BCUT2D eigenvalue weighted by Crippen LogP contribution is -2.45. The Labute approximate surface area is 229 Å². The molecule has 1 fully saturated rings. The summed E-state index contributed by atoms with van der Waals surface area (Å²) in [6.07, 6.45) is 0.338. The summed E-state index contributed by atoms with van der Waals surface area (Å²) >= 11 is 12.2. The molecule has 4 rings (SSSR count). The molecule has 1 aliphatic heterocycles. The van der Waals surface area contributed by atoms with Gasteiger partial charge in [-0.1, -0.05) is 68.2 Å². The van der Waals surface area contributed by atoms with Crippen molar-refractivity contribution >= 4 is 34.8 Å². The zero-order valence-electron chi connectivity index (χ0n) is 21.0. The molecule has 3 aromatic carbocycles. The molecule has 4 nitrogen and oxygen atoms in total. The fourth-order valence-corrected chi connectivity index (χ4v) is 5.68. The van der Waals surface area contributed by atoms with Gasteiger partial charge in [0.2, 0.25) is 5.91 Å². The molecule has 1 saturated heterocycles. The number of hydrogen-bond donors (Lipinski definition) is 2. The molecule has 0 saturated carbocycles. The molecule has 1 aliphatic rings. The van der Waals surface area contributed by atoms with Gasteiger partial charge >= 0.3 is 0 Å². The highest BCUT2D eigenvalue weighted by atomic mass is 35.5. The minimum absolute atomic E-state index is 0.0169. The van der Waals surface area contributed by atoms with Crippen molar-refractivity contribution in [3.8, 4) is 6.07 Å². The first kappa shape index (κ1) is 28.0. The van der Waals surface area contributed by atoms with E-state index in [4.69, 9.17) is 23.2 Å². The number of rotatable bonds is 5. The molecule has 198 valence electrons. The Morgan fingerprint density at radius 1 is 1.08 bits per heavy atom. The van der Waals surface area contributed by atoms with E-state index in [1.165, 1.54) is 48.5 Å². The second-order valence-electron chi connectivity index (χ2n) is 10.7. The number of nitrogens with one attached hydrogen (secondary N) is 2. The molecule has 0 aliphatic carbocycles. The summed E-state index contributed by atoms with van der Waals surface area (Å²) in [6.45, 7) is 5.85. The SMILES string of the molecule is CC(C)(C)CC1N[C@@H](C(=O)Nc2cccc(F)c2)C(c2cccc(Cl)c2F)[C@@]1(C#N)c1ccc(Cl)cc1F. The number of hydrogen-bond acceptors (Lipinski definition) is 3. The van der Waals surface area contributed by atoms with Crippen molar-refractivity contribution in [2.75, 3.05) is 5.32 Å². The second-order valence-corrected chi connectivity index (χ2v) is 11.5. The van der Waals surface area contributed by atoms with Crippen molar-refractivity contribution in [1.82, 2.24) is 5.32 Å². The van der Waals surface area contributed by atoms with Crippen LogP contribution >= 0.6 is 23.2 Å². The maximum atomic E-state index is 15.6. The summed E-state index contributed by atoms with van der Waals surface area (Å²) in [5.74, 6) is -3.96. The lowest BCUT2D eigenvalue weighted by Gasteiger charge is -2.37. The van der Waals surface area contributed by atoms with Crippen molar-refractivity contribution < 1.29 is 18.0 Å². The molecule has 0 spiro atoms. The third-order valence-electron chi connectivity index (χ3n) is 6.82. The van der Waals surface area contributed by atoms with E-state index >= 15 is 8.78 Å².